The third-order valence-corrected chi connectivity index (χ3v) is 4.73. The fourth-order valence-electron chi connectivity index (χ4n) is 3.31. The quantitative estimate of drug-likeness (QED) is 0.380. The van der Waals surface area contributed by atoms with Crippen LogP contribution in [0.2, 0.25) is 0 Å². The van der Waals surface area contributed by atoms with E-state index in [4.69, 9.17) is 5.21 Å². The monoisotopic (exact) mass is 366 g/mol. The first kappa shape index (κ1) is 19.1. The molecule has 1 aromatic heterocycles. The van der Waals surface area contributed by atoms with Gasteiger partial charge in [0.25, 0.3) is 5.91 Å². The molecule has 2 aromatic rings. The van der Waals surface area contributed by atoms with E-state index in [-0.39, 0.29) is 0 Å². The van der Waals surface area contributed by atoms with Gasteiger partial charge in [0.2, 0.25) is 0 Å². The summed E-state index contributed by atoms with van der Waals surface area (Å²) in [7, 11) is 0. The predicted molar refractivity (Wildman–Crippen MR) is 106 cm³/mol. The van der Waals surface area contributed by atoms with E-state index in [2.05, 4.69) is 45.5 Å². The first-order valence-corrected chi connectivity index (χ1v) is 9.34. The minimum Gasteiger partial charge on any atom is -0.366 e. The highest BCUT2D eigenvalue weighted by Crippen LogP contribution is 2.16. The van der Waals surface area contributed by atoms with E-state index in [1.165, 1.54) is 18.1 Å². The number of carbonyl (C=O) groups excluding carboxylic acids is 1. The zero-order chi connectivity index (χ0) is 18.9. The predicted octanol–water partition coefficient (Wildman–Crippen LogP) is 2.72. The lowest BCUT2D eigenvalue weighted by Gasteiger charge is -2.17. The standard InChI is InChI=1S/C21H26N4O2/c26-21(24-27)11-9-18-8-10-20(22-15-18)23-19-12-14-25(16-19)13-4-7-17-5-2-1-3-6-17/h1-3,5-6,8-11,15,19,27H,4,7,12-14,16H2,(H,22,23)(H,24,26)/t19-/m1/s1. The van der Waals surface area contributed by atoms with Crippen LogP contribution in [0.3, 0.4) is 0 Å². The van der Waals surface area contributed by atoms with Crippen LogP contribution in [0.1, 0.15) is 24.0 Å². The van der Waals surface area contributed by atoms with Crippen molar-refractivity contribution in [3.05, 3.63) is 65.9 Å². The highest BCUT2D eigenvalue weighted by Gasteiger charge is 2.21. The Hall–Kier alpha value is -2.70. The van der Waals surface area contributed by atoms with Gasteiger partial charge >= 0.3 is 0 Å². The number of likely N-dealkylation sites (tertiary alicyclic amines) is 1. The Morgan fingerprint density at radius 1 is 1.26 bits per heavy atom. The van der Waals surface area contributed by atoms with Gasteiger partial charge < -0.3 is 10.2 Å². The Morgan fingerprint density at radius 3 is 2.85 bits per heavy atom. The number of amides is 1. The van der Waals surface area contributed by atoms with Crippen molar-refractivity contribution in [1.29, 1.82) is 0 Å². The molecule has 1 aliphatic heterocycles. The average molecular weight is 366 g/mol. The number of benzene rings is 1. The van der Waals surface area contributed by atoms with Crippen LogP contribution in [0, 0.1) is 0 Å². The summed E-state index contributed by atoms with van der Waals surface area (Å²) in [6.07, 6.45) is 7.99. The van der Waals surface area contributed by atoms with Crippen LogP contribution in [-0.4, -0.2) is 46.7 Å². The van der Waals surface area contributed by atoms with Gasteiger partial charge in [-0.25, -0.2) is 10.5 Å². The topological polar surface area (TPSA) is 77.5 Å². The van der Waals surface area contributed by atoms with Crippen LogP contribution in [0.4, 0.5) is 5.82 Å². The number of nitrogens with zero attached hydrogens (tertiary/aromatic N) is 2. The van der Waals surface area contributed by atoms with Gasteiger partial charge in [0.1, 0.15) is 5.82 Å². The molecule has 0 spiro atoms. The van der Waals surface area contributed by atoms with Gasteiger partial charge in [0, 0.05) is 31.4 Å². The lowest BCUT2D eigenvalue weighted by Crippen LogP contribution is -2.27. The van der Waals surface area contributed by atoms with Gasteiger partial charge in [-0.3, -0.25) is 10.0 Å². The summed E-state index contributed by atoms with van der Waals surface area (Å²) >= 11 is 0. The van der Waals surface area contributed by atoms with Gasteiger partial charge in [-0.15, -0.1) is 0 Å². The van der Waals surface area contributed by atoms with E-state index >= 15 is 0 Å². The lowest BCUT2D eigenvalue weighted by molar-refractivity contribution is -0.124. The maximum atomic E-state index is 11.0. The minimum atomic E-state index is -0.560. The molecule has 0 aliphatic carbocycles. The van der Waals surface area contributed by atoms with Crippen LogP contribution in [0.25, 0.3) is 6.08 Å². The Kier molecular flexibility index (Phi) is 6.96. The van der Waals surface area contributed by atoms with Crippen molar-refractivity contribution in [1.82, 2.24) is 15.4 Å². The molecule has 1 fully saturated rings. The minimum absolute atomic E-state index is 0.413. The molecule has 1 atom stereocenters. The van der Waals surface area contributed by atoms with Gasteiger partial charge in [-0.1, -0.05) is 30.3 Å². The summed E-state index contributed by atoms with van der Waals surface area (Å²) in [6, 6.07) is 14.8. The van der Waals surface area contributed by atoms with E-state index in [0.29, 0.717) is 6.04 Å². The summed E-state index contributed by atoms with van der Waals surface area (Å²) < 4.78 is 0. The maximum absolute atomic E-state index is 11.0. The summed E-state index contributed by atoms with van der Waals surface area (Å²) in [5, 5.41) is 12.0. The summed E-state index contributed by atoms with van der Waals surface area (Å²) in [4.78, 5) is 17.9. The van der Waals surface area contributed by atoms with Gasteiger partial charge in [0.05, 0.1) is 0 Å². The molecule has 3 N–H and O–H groups in total. The Bertz CT molecular complexity index is 747. The number of carbonyl (C=O) groups is 1. The summed E-state index contributed by atoms with van der Waals surface area (Å²) in [6.45, 7) is 3.27. The number of aromatic nitrogens is 1. The normalized spacial score (nSPS) is 17.3. The number of rotatable bonds is 8. The number of hydroxylamine groups is 1. The summed E-state index contributed by atoms with van der Waals surface area (Å²) in [5.74, 6) is 0.283. The van der Waals surface area contributed by atoms with E-state index in [0.717, 1.165) is 43.9 Å². The number of nitrogens with one attached hydrogen (secondary N) is 2. The largest absolute Gasteiger partial charge is 0.366 e. The molecular weight excluding hydrogens is 340 g/mol. The maximum Gasteiger partial charge on any atom is 0.267 e. The summed E-state index contributed by atoms with van der Waals surface area (Å²) in [5.41, 5.74) is 3.77. The van der Waals surface area contributed by atoms with E-state index in [1.54, 1.807) is 17.8 Å². The molecule has 3 rings (SSSR count). The van der Waals surface area contributed by atoms with Gasteiger partial charge in [-0.2, -0.15) is 0 Å². The zero-order valence-electron chi connectivity index (χ0n) is 15.3. The van der Waals surface area contributed by atoms with Crippen LogP contribution in [0.5, 0.6) is 0 Å². The molecule has 1 aliphatic rings. The van der Waals surface area contributed by atoms with E-state index in [1.807, 2.05) is 12.1 Å². The Morgan fingerprint density at radius 2 is 2.11 bits per heavy atom. The van der Waals surface area contributed by atoms with Crippen LogP contribution in [0.15, 0.2) is 54.7 Å². The van der Waals surface area contributed by atoms with Crippen molar-refractivity contribution in [2.75, 3.05) is 25.0 Å². The second-order valence-electron chi connectivity index (χ2n) is 6.81. The molecule has 0 unspecified atom stereocenters. The van der Waals surface area contributed by atoms with Crippen LogP contribution < -0.4 is 10.8 Å². The molecule has 2 heterocycles. The Labute approximate surface area is 159 Å². The fourth-order valence-corrected chi connectivity index (χ4v) is 3.31. The van der Waals surface area contributed by atoms with Crippen molar-refractivity contribution >= 4 is 17.8 Å². The van der Waals surface area contributed by atoms with Crippen molar-refractivity contribution in [2.45, 2.75) is 25.3 Å². The number of hydrogen-bond acceptors (Lipinski definition) is 5. The fraction of sp³-hybridized carbons (Fsp3) is 0.333. The third kappa shape index (κ3) is 6.20. The van der Waals surface area contributed by atoms with Crippen LogP contribution >= 0.6 is 0 Å². The van der Waals surface area contributed by atoms with Gasteiger partial charge in [-0.05, 0) is 55.1 Å². The van der Waals surface area contributed by atoms with E-state index < -0.39 is 5.91 Å². The average Bonchev–Trinajstić information content (AvgIpc) is 3.15. The van der Waals surface area contributed by atoms with Crippen LogP contribution in [-0.2, 0) is 11.2 Å². The van der Waals surface area contributed by atoms with Crippen molar-refractivity contribution in [3.63, 3.8) is 0 Å². The number of aryl methyl sites for hydroxylation is 1. The molecule has 6 nitrogen and oxygen atoms in total. The molecule has 1 saturated heterocycles. The second-order valence-corrected chi connectivity index (χ2v) is 6.81. The van der Waals surface area contributed by atoms with Gasteiger partial charge in [0.15, 0.2) is 0 Å². The third-order valence-electron chi connectivity index (χ3n) is 4.73. The lowest BCUT2D eigenvalue weighted by atomic mass is 10.1. The number of anilines is 1. The molecule has 1 amide bonds. The molecule has 1 aromatic carbocycles. The molecule has 0 saturated carbocycles. The molecule has 27 heavy (non-hydrogen) atoms. The number of pyridine rings is 1. The first-order valence-electron chi connectivity index (χ1n) is 9.34. The first-order chi connectivity index (χ1) is 13.2. The SMILES string of the molecule is O=C(C=Cc1ccc(N[C@@H]2CCN(CCCc3ccccc3)C2)nc1)NO. The zero-order valence-corrected chi connectivity index (χ0v) is 15.3. The van der Waals surface area contributed by atoms with Crippen molar-refractivity contribution in [2.24, 2.45) is 0 Å². The molecule has 0 radical (unpaired) electrons. The smallest absolute Gasteiger partial charge is 0.267 e. The molecule has 0 bridgehead atoms. The molecule has 142 valence electrons. The van der Waals surface area contributed by atoms with E-state index in [9.17, 15) is 4.79 Å². The molecule has 6 heteroatoms. The number of hydrogen-bond donors (Lipinski definition) is 3. The van der Waals surface area contributed by atoms with Crippen molar-refractivity contribution in [3.8, 4) is 0 Å². The molecular formula is C21H26N4O2. The Balaban J connectivity index is 1.40. The second kappa shape index (κ2) is 9.85. The van der Waals surface area contributed by atoms with Crippen molar-refractivity contribution < 1.29 is 10.0 Å². The highest BCUT2D eigenvalue weighted by atomic mass is 16.5. The highest BCUT2D eigenvalue weighted by molar-refractivity contribution is 5.90.